The van der Waals surface area contributed by atoms with Crippen molar-refractivity contribution in [2.24, 2.45) is 4.99 Å². The van der Waals surface area contributed by atoms with E-state index in [-0.39, 0.29) is 5.82 Å². The second kappa shape index (κ2) is 8.68. The van der Waals surface area contributed by atoms with Crippen LogP contribution >= 0.6 is 11.3 Å². The summed E-state index contributed by atoms with van der Waals surface area (Å²) in [6.45, 7) is 3.41. The Hall–Kier alpha value is -2.08. The van der Waals surface area contributed by atoms with Crippen LogP contribution in [0.15, 0.2) is 35.3 Å². The fourth-order valence-electron chi connectivity index (χ4n) is 2.31. The lowest BCUT2D eigenvalue weighted by Crippen LogP contribution is -2.36. The van der Waals surface area contributed by atoms with E-state index in [0.29, 0.717) is 18.2 Å². The molecule has 0 fully saturated rings. The molecular weight excluding hydrogens is 323 g/mol. The Bertz CT molecular complexity index is 694. The second-order valence-electron chi connectivity index (χ2n) is 5.68. The second-order valence-corrected chi connectivity index (χ2v) is 6.93. The number of guanidine groups is 1. The lowest BCUT2D eigenvalue weighted by Gasteiger charge is -2.15. The van der Waals surface area contributed by atoms with E-state index >= 15 is 0 Å². The van der Waals surface area contributed by atoms with Gasteiger partial charge in [-0.25, -0.2) is 4.39 Å². The summed E-state index contributed by atoms with van der Waals surface area (Å²) >= 11 is 1.81. The topological polar surface area (TPSA) is 39.7 Å². The lowest BCUT2D eigenvalue weighted by molar-refractivity contribution is 0.623. The molecule has 0 aliphatic rings. The number of nitrogens with zero attached hydrogens (tertiary/aromatic N) is 2. The number of aliphatic imine (C=N–C) groups is 1. The third kappa shape index (κ3) is 4.96. The predicted molar refractivity (Wildman–Crippen MR) is 101 cm³/mol. The average Bonchev–Trinajstić information content (AvgIpc) is 3.03. The molecule has 2 N–H and O–H groups in total. The van der Waals surface area contributed by atoms with E-state index in [0.717, 1.165) is 18.5 Å². The lowest BCUT2D eigenvalue weighted by atomic mass is 10.2. The number of hydrogen-bond donors (Lipinski definition) is 2. The molecule has 2 rings (SSSR count). The Morgan fingerprint density at radius 1 is 1.12 bits per heavy atom. The van der Waals surface area contributed by atoms with Crippen molar-refractivity contribution in [1.29, 1.82) is 0 Å². The van der Waals surface area contributed by atoms with Crippen LogP contribution in [0, 0.1) is 5.82 Å². The zero-order chi connectivity index (χ0) is 17.5. The van der Waals surface area contributed by atoms with Crippen molar-refractivity contribution in [1.82, 2.24) is 10.6 Å². The smallest absolute Gasteiger partial charge is 0.191 e. The summed E-state index contributed by atoms with van der Waals surface area (Å²) in [5.74, 6) is 0.492. The molecule has 0 unspecified atom stereocenters. The fraction of sp³-hybridized carbons (Fsp3) is 0.389. The molecule has 24 heavy (non-hydrogen) atoms. The van der Waals surface area contributed by atoms with Crippen molar-refractivity contribution in [3.05, 3.63) is 51.5 Å². The molecule has 0 saturated carbocycles. The van der Waals surface area contributed by atoms with Crippen molar-refractivity contribution in [3.8, 4) is 0 Å². The average molecular weight is 348 g/mol. The van der Waals surface area contributed by atoms with E-state index < -0.39 is 0 Å². The van der Waals surface area contributed by atoms with Gasteiger partial charge >= 0.3 is 0 Å². The third-order valence-corrected chi connectivity index (χ3v) is 4.90. The minimum atomic E-state index is -0.215. The summed E-state index contributed by atoms with van der Waals surface area (Å²) < 4.78 is 14.0. The number of hydrogen-bond acceptors (Lipinski definition) is 3. The van der Waals surface area contributed by atoms with Crippen LogP contribution in [0.5, 0.6) is 0 Å². The Labute approximate surface area is 147 Å². The molecule has 0 saturated heterocycles. The van der Waals surface area contributed by atoms with Gasteiger partial charge in [-0.05, 0) is 36.2 Å². The molecule has 0 bridgehead atoms. The van der Waals surface area contributed by atoms with Crippen molar-refractivity contribution in [2.45, 2.75) is 26.4 Å². The van der Waals surface area contributed by atoms with Crippen LogP contribution < -0.4 is 15.5 Å². The van der Waals surface area contributed by atoms with E-state index in [1.807, 2.05) is 20.2 Å². The fourth-order valence-corrected chi connectivity index (χ4v) is 3.21. The van der Waals surface area contributed by atoms with Gasteiger partial charge in [-0.2, -0.15) is 0 Å². The third-order valence-electron chi connectivity index (χ3n) is 3.67. The van der Waals surface area contributed by atoms with Gasteiger partial charge in [0.15, 0.2) is 5.96 Å². The molecule has 0 aliphatic carbocycles. The number of anilines is 1. The number of benzene rings is 1. The molecule has 6 heteroatoms. The molecule has 4 nitrogen and oxygen atoms in total. The molecule has 0 amide bonds. The van der Waals surface area contributed by atoms with Gasteiger partial charge in [0.1, 0.15) is 5.82 Å². The zero-order valence-electron chi connectivity index (χ0n) is 14.7. The molecule has 2 aromatic rings. The van der Waals surface area contributed by atoms with E-state index in [4.69, 9.17) is 0 Å². The van der Waals surface area contributed by atoms with Gasteiger partial charge in [0.2, 0.25) is 0 Å². The molecule has 1 aromatic carbocycles. The van der Waals surface area contributed by atoms with Gasteiger partial charge in [0, 0.05) is 37.4 Å². The summed E-state index contributed by atoms with van der Waals surface area (Å²) in [4.78, 5) is 8.63. The first-order chi connectivity index (χ1) is 11.5. The van der Waals surface area contributed by atoms with E-state index in [1.165, 1.54) is 9.75 Å². The van der Waals surface area contributed by atoms with Crippen LogP contribution in [-0.2, 0) is 19.5 Å². The first-order valence-corrected chi connectivity index (χ1v) is 8.83. The maximum atomic E-state index is 14.0. The number of nitrogens with one attached hydrogen (secondary N) is 2. The minimum Gasteiger partial charge on any atom is -0.375 e. The van der Waals surface area contributed by atoms with Gasteiger partial charge < -0.3 is 15.5 Å². The summed E-state index contributed by atoms with van der Waals surface area (Å²) in [6.07, 6.45) is 1.06. The van der Waals surface area contributed by atoms with Crippen LogP contribution in [0.1, 0.15) is 22.2 Å². The summed E-state index contributed by atoms with van der Waals surface area (Å²) in [5, 5.41) is 6.50. The maximum Gasteiger partial charge on any atom is 0.191 e. The Kier molecular flexibility index (Phi) is 6.61. The summed E-state index contributed by atoms with van der Waals surface area (Å²) in [7, 11) is 5.39. The maximum absolute atomic E-state index is 14.0. The molecule has 0 aliphatic heterocycles. The highest BCUT2D eigenvalue weighted by Crippen LogP contribution is 2.18. The van der Waals surface area contributed by atoms with Gasteiger partial charge in [-0.3, -0.25) is 4.99 Å². The highest BCUT2D eigenvalue weighted by atomic mass is 32.1. The van der Waals surface area contributed by atoms with Crippen molar-refractivity contribution >= 4 is 23.0 Å². The molecular formula is C18H25FN4S. The summed E-state index contributed by atoms with van der Waals surface area (Å²) in [6, 6.07) is 9.57. The minimum absolute atomic E-state index is 0.215. The van der Waals surface area contributed by atoms with Crippen LogP contribution in [0.4, 0.5) is 10.1 Å². The standard InChI is InChI=1S/C18H25FN4S/c1-5-14-7-8-15(24-14)12-22-18(20-2)21-11-13-6-9-17(23(3)4)16(19)10-13/h6-10H,5,11-12H2,1-4H3,(H2,20,21,22). The first-order valence-electron chi connectivity index (χ1n) is 8.01. The Morgan fingerprint density at radius 2 is 1.83 bits per heavy atom. The number of halogens is 1. The molecule has 0 spiro atoms. The van der Waals surface area contributed by atoms with Crippen molar-refractivity contribution in [2.75, 3.05) is 26.0 Å². The normalized spacial score (nSPS) is 11.5. The van der Waals surface area contributed by atoms with Crippen LogP contribution in [0.3, 0.4) is 0 Å². The van der Waals surface area contributed by atoms with E-state index in [9.17, 15) is 4.39 Å². The van der Waals surface area contributed by atoms with Gasteiger partial charge in [-0.1, -0.05) is 13.0 Å². The number of aryl methyl sites for hydroxylation is 1. The van der Waals surface area contributed by atoms with Gasteiger partial charge in [0.05, 0.1) is 12.2 Å². The monoisotopic (exact) mass is 348 g/mol. The Balaban J connectivity index is 1.88. The van der Waals surface area contributed by atoms with E-state index in [2.05, 4.69) is 34.7 Å². The Morgan fingerprint density at radius 3 is 2.42 bits per heavy atom. The van der Waals surface area contributed by atoms with Crippen LogP contribution in [-0.4, -0.2) is 27.1 Å². The number of rotatable bonds is 6. The quantitative estimate of drug-likeness (QED) is 0.621. The molecule has 130 valence electrons. The van der Waals surface area contributed by atoms with Crippen molar-refractivity contribution in [3.63, 3.8) is 0 Å². The van der Waals surface area contributed by atoms with Crippen LogP contribution in [0.2, 0.25) is 0 Å². The predicted octanol–water partition coefficient (Wildman–Crippen LogP) is 3.38. The van der Waals surface area contributed by atoms with Crippen LogP contribution in [0.25, 0.3) is 0 Å². The SMILES string of the molecule is CCc1ccc(CNC(=NC)NCc2ccc(N(C)C)c(F)c2)s1. The number of thiophene rings is 1. The van der Waals surface area contributed by atoms with Crippen molar-refractivity contribution < 1.29 is 4.39 Å². The summed E-state index contributed by atoms with van der Waals surface area (Å²) in [5.41, 5.74) is 1.47. The van der Waals surface area contributed by atoms with Gasteiger partial charge in [-0.15, -0.1) is 11.3 Å². The molecule has 0 atom stereocenters. The zero-order valence-corrected chi connectivity index (χ0v) is 15.5. The highest BCUT2D eigenvalue weighted by molar-refractivity contribution is 7.11. The van der Waals surface area contributed by atoms with E-state index in [1.54, 1.807) is 35.4 Å². The molecule has 0 radical (unpaired) electrons. The first kappa shape index (κ1) is 18.3. The highest BCUT2D eigenvalue weighted by Gasteiger charge is 2.06. The molecule has 1 heterocycles. The van der Waals surface area contributed by atoms with Gasteiger partial charge in [0.25, 0.3) is 0 Å². The largest absolute Gasteiger partial charge is 0.375 e. The molecule has 1 aromatic heterocycles.